The van der Waals surface area contributed by atoms with E-state index < -0.39 is 18.3 Å². The van der Waals surface area contributed by atoms with Crippen molar-refractivity contribution in [3.8, 4) is 11.5 Å². The number of nitrogens with one attached hydrogen (secondary N) is 1. The summed E-state index contributed by atoms with van der Waals surface area (Å²) in [5, 5.41) is 65.7. The second-order valence-corrected chi connectivity index (χ2v) is 18.2. The number of fused-ring (bicyclic) bond motifs is 3. The Labute approximate surface area is 362 Å². The Morgan fingerprint density at radius 1 is 1.03 bits per heavy atom. The van der Waals surface area contributed by atoms with Gasteiger partial charge in [0.2, 0.25) is 0 Å². The minimum absolute atomic E-state index is 0.00650. The van der Waals surface area contributed by atoms with Crippen LogP contribution in [0.2, 0.25) is 0 Å². The van der Waals surface area contributed by atoms with Crippen molar-refractivity contribution in [2.24, 2.45) is 34.4 Å². The molecule has 61 heavy (non-hydrogen) atoms. The zero-order valence-electron chi connectivity index (χ0n) is 35.9. The van der Waals surface area contributed by atoms with Gasteiger partial charge in [-0.15, -0.1) is 4.99 Å². The summed E-state index contributed by atoms with van der Waals surface area (Å²) in [7, 11) is 0. The molecule has 332 valence electrons. The summed E-state index contributed by atoms with van der Waals surface area (Å²) >= 11 is 0. The number of phenols is 1. The second-order valence-electron chi connectivity index (χ2n) is 18.2. The number of aliphatic hydroxyl groups is 5. The van der Waals surface area contributed by atoms with E-state index in [1.807, 2.05) is 48.6 Å². The van der Waals surface area contributed by atoms with E-state index in [1.54, 1.807) is 13.0 Å². The van der Waals surface area contributed by atoms with Crippen LogP contribution in [0.4, 0.5) is 0 Å². The van der Waals surface area contributed by atoms with Gasteiger partial charge in [-0.25, -0.2) is 0 Å². The Bertz CT molecular complexity index is 1880. The van der Waals surface area contributed by atoms with Crippen LogP contribution < -0.4 is 15.8 Å². The molecule has 3 aliphatic carbocycles. The highest BCUT2D eigenvalue weighted by atomic mass is 16.5. The number of unbranched alkanes of at least 4 members (excludes halogenated alkanes) is 3. The molecule has 0 radical (unpaired) electrons. The molecule has 0 bridgehead atoms. The molecule has 5 aliphatic rings. The van der Waals surface area contributed by atoms with Crippen LogP contribution in [0.5, 0.6) is 11.5 Å². The number of aromatic hydroxyl groups is 1. The van der Waals surface area contributed by atoms with Gasteiger partial charge in [-0.3, -0.25) is 0 Å². The molecule has 2 aliphatic heterocycles. The molecule has 2 fully saturated rings. The fourth-order valence-electron chi connectivity index (χ4n) is 10.3. The molecule has 11 heteroatoms. The van der Waals surface area contributed by atoms with Crippen LogP contribution in [-0.4, -0.2) is 87.0 Å². The van der Waals surface area contributed by atoms with Crippen LogP contribution in [0.15, 0.2) is 70.8 Å². The lowest BCUT2D eigenvalue weighted by molar-refractivity contribution is 0.102. The highest BCUT2D eigenvalue weighted by Gasteiger charge is 2.47. The molecule has 2 aromatic rings. The number of nitrogens with two attached hydrogens (primary N) is 1. The largest absolute Gasteiger partial charge is 0.504 e. The molecule has 0 spiro atoms. The Kier molecular flexibility index (Phi) is 16.1. The Morgan fingerprint density at radius 3 is 2.69 bits per heavy atom. The van der Waals surface area contributed by atoms with Crippen LogP contribution in [0, 0.1) is 35.8 Å². The average molecular weight is 840 g/mol. The Morgan fingerprint density at radius 2 is 1.87 bits per heavy atom. The van der Waals surface area contributed by atoms with E-state index in [9.17, 15) is 30.6 Å². The maximum Gasteiger partial charge on any atom is 0.189 e. The predicted molar refractivity (Wildman–Crippen MR) is 238 cm³/mol. The summed E-state index contributed by atoms with van der Waals surface area (Å²) in [6.45, 7) is 3.04. The van der Waals surface area contributed by atoms with Gasteiger partial charge in [0.15, 0.2) is 29.4 Å². The standard InChI is InChI=1S/C50H69N3O8/c1-31(56)26-52-27-43-40-9-6-7-34(40)16-19-44-42(43)25-45(53-44)47(58)30-60-49-22-32(13-20-46(49)57)11-17-39-24-37(29-55)48(61-39)10-5-3-2-4-8-38(51)23-36-15-14-35-21-33(28-54)12-18-41(35)50(36)59/h12-15,18,20-22,24-25,31,34,36,38,40,43,47-48,50,52,54-59H,2-11,16-17,19,23,26-30,51H2,1H3. The molecule has 9 unspecified atom stereocenters. The van der Waals surface area contributed by atoms with Crippen LogP contribution in [0.1, 0.15) is 119 Å². The molecule has 2 aromatic carbocycles. The van der Waals surface area contributed by atoms with E-state index in [1.165, 1.54) is 24.8 Å². The summed E-state index contributed by atoms with van der Waals surface area (Å²) in [5.41, 5.74) is 13.4. The molecule has 0 amide bonds. The summed E-state index contributed by atoms with van der Waals surface area (Å²) in [6, 6.07) is 11.6. The van der Waals surface area contributed by atoms with Crippen molar-refractivity contribution >= 4 is 11.8 Å². The van der Waals surface area contributed by atoms with Crippen molar-refractivity contribution < 1.29 is 40.1 Å². The maximum absolute atomic E-state index is 11.2. The first kappa shape index (κ1) is 45.4. The minimum Gasteiger partial charge on any atom is -0.504 e. The molecule has 9 atom stereocenters. The third-order valence-corrected chi connectivity index (χ3v) is 13.7. The average Bonchev–Trinajstić information content (AvgIpc) is 4.00. The third-order valence-electron chi connectivity index (χ3n) is 13.7. The van der Waals surface area contributed by atoms with Crippen molar-refractivity contribution in [1.29, 1.82) is 0 Å². The Balaban J connectivity index is 0.815. The number of rotatable bonds is 22. The summed E-state index contributed by atoms with van der Waals surface area (Å²) in [4.78, 5) is 4.92. The van der Waals surface area contributed by atoms with Crippen LogP contribution in [0.25, 0.3) is 6.08 Å². The third kappa shape index (κ3) is 11.7. The molecule has 0 aromatic heterocycles. The lowest BCUT2D eigenvalue weighted by atomic mass is 9.80. The number of hydrogen-bond acceptors (Lipinski definition) is 11. The molecular weight excluding hydrogens is 771 g/mol. The van der Waals surface area contributed by atoms with Gasteiger partial charge in [-0.05, 0) is 97.7 Å². The van der Waals surface area contributed by atoms with Gasteiger partial charge in [0.25, 0.3) is 0 Å². The highest BCUT2D eigenvalue weighted by molar-refractivity contribution is 6.04. The zero-order valence-corrected chi connectivity index (χ0v) is 35.9. The first-order valence-corrected chi connectivity index (χ1v) is 23.0. The summed E-state index contributed by atoms with van der Waals surface area (Å²) in [6.07, 6.45) is 20.5. The van der Waals surface area contributed by atoms with Crippen molar-refractivity contribution in [3.05, 3.63) is 100 Å². The number of aliphatic imine (C=N–C) groups is 1. The van der Waals surface area contributed by atoms with Gasteiger partial charge in [0.1, 0.15) is 12.2 Å². The molecule has 9 N–H and O–H groups in total. The SMILES string of the molecule is CC(O)CNCC1C2=C[C+](C(O)COc3cc(CC[C-]4C=C(CO)C(CCCCCCC(N)CC5C=Cc6cc(CO)ccc6C5O)O4)ccc3O)N=C2CCC2CCCC21. The van der Waals surface area contributed by atoms with Crippen molar-refractivity contribution in [1.82, 2.24) is 5.32 Å². The van der Waals surface area contributed by atoms with Gasteiger partial charge in [-0.1, -0.05) is 81.4 Å². The number of benzene rings is 2. The smallest absolute Gasteiger partial charge is 0.189 e. The number of hydrogen-bond donors (Lipinski definition) is 8. The quantitative estimate of drug-likeness (QED) is 0.0477. The first-order chi connectivity index (χ1) is 29.6. The van der Waals surface area contributed by atoms with E-state index in [4.69, 9.17) is 20.2 Å². The van der Waals surface area contributed by atoms with Crippen molar-refractivity contribution in [2.45, 2.75) is 134 Å². The van der Waals surface area contributed by atoms with Crippen molar-refractivity contribution in [3.63, 3.8) is 0 Å². The fraction of sp³-hybridized carbons (Fsp3) is 0.580. The molecular formula is C50H69N3O8. The molecule has 0 saturated heterocycles. The maximum atomic E-state index is 11.2. The van der Waals surface area contributed by atoms with E-state index in [0.717, 1.165) is 104 Å². The van der Waals surface area contributed by atoms with E-state index in [-0.39, 0.29) is 43.6 Å². The van der Waals surface area contributed by atoms with Gasteiger partial charge in [-0.2, -0.15) is 11.6 Å². The first-order valence-electron chi connectivity index (χ1n) is 23.0. The lowest BCUT2D eigenvalue weighted by Gasteiger charge is -2.28. The van der Waals surface area contributed by atoms with E-state index in [2.05, 4.69) is 11.4 Å². The Hall–Kier alpha value is -3.65. The monoisotopic (exact) mass is 840 g/mol. The number of aliphatic hydroxyl groups excluding tert-OH is 5. The van der Waals surface area contributed by atoms with E-state index >= 15 is 0 Å². The zero-order chi connectivity index (χ0) is 42.9. The summed E-state index contributed by atoms with van der Waals surface area (Å²) in [5.74, 6) is 1.89. The van der Waals surface area contributed by atoms with Gasteiger partial charge in [0, 0.05) is 44.2 Å². The van der Waals surface area contributed by atoms with Gasteiger partial charge >= 0.3 is 0 Å². The highest BCUT2D eigenvalue weighted by Crippen LogP contribution is 2.47. The number of ether oxygens (including phenoxy) is 2. The second kappa shape index (κ2) is 21.6. The van der Waals surface area contributed by atoms with Crippen LogP contribution in [0.3, 0.4) is 0 Å². The number of aryl methyl sites for hydroxylation is 1. The number of nitrogens with zero attached hydrogens (tertiary/aromatic N) is 1. The molecule has 2 heterocycles. The van der Waals surface area contributed by atoms with Gasteiger partial charge < -0.3 is 51.2 Å². The summed E-state index contributed by atoms with van der Waals surface area (Å²) < 4.78 is 12.3. The fourth-order valence-corrected chi connectivity index (χ4v) is 10.3. The van der Waals surface area contributed by atoms with Gasteiger partial charge in [0.05, 0.1) is 30.8 Å². The van der Waals surface area contributed by atoms with Crippen LogP contribution >= 0.6 is 0 Å². The van der Waals surface area contributed by atoms with Crippen LogP contribution in [-0.2, 0) is 17.8 Å². The topological polar surface area (TPSA) is 190 Å². The minimum atomic E-state index is -0.944. The molecule has 11 nitrogen and oxygen atoms in total. The molecule has 7 rings (SSSR count). The lowest BCUT2D eigenvalue weighted by Crippen LogP contribution is -2.34. The predicted octanol–water partition coefficient (Wildman–Crippen LogP) is 6.55. The van der Waals surface area contributed by atoms with Crippen molar-refractivity contribution in [2.75, 3.05) is 26.3 Å². The number of phenolic OH excluding ortho intramolecular Hbond substituents is 1. The normalized spacial score (nSPS) is 25.9. The van der Waals surface area contributed by atoms with E-state index in [0.29, 0.717) is 48.9 Å². The molecule has 2 saturated carbocycles.